The van der Waals surface area contributed by atoms with E-state index in [9.17, 15) is 9.90 Å². The molecule has 0 unspecified atom stereocenters. The molecule has 0 aromatic carbocycles. The van der Waals surface area contributed by atoms with E-state index < -0.39 is 12.7 Å². The summed E-state index contributed by atoms with van der Waals surface area (Å²) in [4.78, 5) is 10.9. The molecule has 7 heteroatoms. The number of nitrogens with zero attached hydrogens (tertiary/aromatic N) is 2. The van der Waals surface area contributed by atoms with E-state index in [4.69, 9.17) is 0 Å². The maximum atomic E-state index is 10.9. The fourth-order valence-corrected chi connectivity index (χ4v) is 1.66. The Balaban J connectivity index is 0.00000169. The summed E-state index contributed by atoms with van der Waals surface area (Å²) in [5.41, 5.74) is 0. The van der Waals surface area contributed by atoms with Gasteiger partial charge in [-0.3, -0.25) is 0 Å². The van der Waals surface area contributed by atoms with Crippen LogP contribution < -0.4 is 34.7 Å². The molecule has 0 aromatic heterocycles. The van der Waals surface area contributed by atoms with Gasteiger partial charge in [0, 0.05) is 28.2 Å². The summed E-state index contributed by atoms with van der Waals surface area (Å²) in [6.45, 7) is -0.403. The Morgan fingerprint density at radius 1 is 1.36 bits per heavy atom. The second-order valence-corrected chi connectivity index (χ2v) is 4.94. The van der Waals surface area contributed by atoms with Gasteiger partial charge in [-0.1, -0.05) is 18.8 Å². The molecule has 0 saturated carbocycles. The van der Waals surface area contributed by atoms with Gasteiger partial charge < -0.3 is 18.7 Å². The van der Waals surface area contributed by atoms with Gasteiger partial charge in [0.1, 0.15) is 0 Å². The molecule has 3 radical (unpaired) electrons. The van der Waals surface area contributed by atoms with Crippen molar-refractivity contribution in [2.75, 3.05) is 41.1 Å². The minimum Gasteiger partial charge on any atom is -0.591 e. The minimum atomic E-state index is -0.940. The Kier molecular flexibility index (Phi) is 4.75. The number of hydrogen-bond donors (Lipinski definition) is 0. The molecule has 0 aliphatic carbocycles. The summed E-state index contributed by atoms with van der Waals surface area (Å²) < 4.78 is 1.14. The van der Waals surface area contributed by atoms with Crippen molar-refractivity contribution in [2.45, 2.75) is 0 Å². The third-order valence-electron chi connectivity index (χ3n) is 2.81. The zero-order valence-electron chi connectivity index (χ0n) is 9.78. The predicted molar refractivity (Wildman–Crippen MR) is 50.9 cm³/mol. The molecule has 0 amide bonds. The molecule has 0 spiro atoms. The summed E-state index contributed by atoms with van der Waals surface area (Å²) in [6.07, 6.45) is 1.38. The van der Waals surface area contributed by atoms with Gasteiger partial charge in [0.15, 0.2) is 0 Å². The Labute approximate surface area is 109 Å². The van der Waals surface area contributed by atoms with E-state index in [1.54, 1.807) is 0 Å². The average Bonchev–Trinajstić information content (AvgIpc) is 1.95. The van der Waals surface area contributed by atoms with Gasteiger partial charge in [-0.2, -0.15) is 0 Å². The summed E-state index contributed by atoms with van der Waals surface area (Å²) in [5.74, 6) is -0.940. The van der Waals surface area contributed by atoms with Crippen molar-refractivity contribution in [1.29, 1.82) is 0 Å². The molecule has 0 N–H and O–H groups in total. The van der Waals surface area contributed by atoms with Gasteiger partial charge in [0.25, 0.3) is 0 Å². The fourth-order valence-electron chi connectivity index (χ4n) is 1.66. The summed E-state index contributed by atoms with van der Waals surface area (Å²) in [6, 6.07) is 0. The Morgan fingerprint density at radius 3 is 2.21 bits per heavy atom. The molecular formula is C7H16B2N2NaO2. The Morgan fingerprint density at radius 2 is 1.86 bits per heavy atom. The van der Waals surface area contributed by atoms with Crippen LogP contribution in [0.4, 0.5) is 4.79 Å². The van der Waals surface area contributed by atoms with Crippen molar-refractivity contribution in [3.05, 3.63) is 0 Å². The van der Waals surface area contributed by atoms with Gasteiger partial charge in [0.05, 0.1) is 7.41 Å². The molecule has 1 aliphatic rings. The van der Waals surface area contributed by atoms with Crippen molar-refractivity contribution in [3.63, 3.8) is 0 Å². The van der Waals surface area contributed by atoms with E-state index in [0.29, 0.717) is 15.2 Å². The zero-order valence-corrected chi connectivity index (χ0v) is 11.8. The smallest absolute Gasteiger partial charge is 0.591 e. The second-order valence-electron chi connectivity index (χ2n) is 4.94. The van der Waals surface area contributed by atoms with Gasteiger partial charge >= 0.3 is 29.6 Å². The number of quaternary nitrogens is 2. The average molecular weight is 205 g/mol. The van der Waals surface area contributed by atoms with Crippen LogP contribution in [0.5, 0.6) is 0 Å². The molecule has 73 valence electrons. The monoisotopic (exact) mass is 205 g/mol. The van der Waals surface area contributed by atoms with E-state index in [1.165, 1.54) is 0 Å². The summed E-state index contributed by atoms with van der Waals surface area (Å²) in [5, 5.41) is 10.9. The van der Waals surface area contributed by atoms with Crippen LogP contribution in [0.25, 0.3) is 0 Å². The Hall–Kier alpha value is 0.520. The number of carbonyl (C=O) groups excluding carboxylic acids is 1. The maximum Gasteiger partial charge on any atom is 1.00 e. The van der Waals surface area contributed by atoms with Crippen LogP contribution in [0.2, 0.25) is 0 Å². The van der Waals surface area contributed by atoms with Crippen LogP contribution >= 0.6 is 0 Å². The number of carbonyl (C=O) groups is 1. The van der Waals surface area contributed by atoms with Crippen LogP contribution in [-0.2, 0) is 0 Å². The maximum absolute atomic E-state index is 10.9. The van der Waals surface area contributed by atoms with Crippen molar-refractivity contribution in [3.8, 4) is 0 Å². The molecule has 0 bridgehead atoms. The van der Waals surface area contributed by atoms with Crippen molar-refractivity contribution in [1.82, 2.24) is 0 Å². The number of rotatable bonds is 1. The van der Waals surface area contributed by atoms with E-state index in [1.807, 2.05) is 28.2 Å². The van der Waals surface area contributed by atoms with Crippen LogP contribution in [0, 0.1) is 0 Å². The normalized spacial score (nSPS) is 25.1. The molecule has 4 nitrogen and oxygen atoms in total. The molecule has 0 atom stereocenters. The molecule has 0 aromatic rings. The van der Waals surface area contributed by atoms with E-state index in [2.05, 4.69) is 7.41 Å². The van der Waals surface area contributed by atoms with Gasteiger partial charge in [0.2, 0.25) is 6.85 Å². The topological polar surface area (TPSA) is 40.1 Å². The van der Waals surface area contributed by atoms with Crippen LogP contribution in [0.3, 0.4) is 0 Å². The largest absolute Gasteiger partial charge is 1.00 e. The van der Waals surface area contributed by atoms with E-state index in [-0.39, 0.29) is 29.6 Å². The summed E-state index contributed by atoms with van der Waals surface area (Å²) in [7, 11) is 10.0. The van der Waals surface area contributed by atoms with Crippen molar-refractivity contribution < 1.29 is 48.2 Å². The third-order valence-corrected chi connectivity index (χ3v) is 2.81. The number of hydrogen-bond acceptors (Lipinski definition) is 2. The van der Waals surface area contributed by atoms with Crippen LogP contribution in [-0.4, -0.2) is 70.0 Å². The van der Waals surface area contributed by atoms with Crippen molar-refractivity contribution in [2.24, 2.45) is 0 Å². The number of carboxylic acid groups (broad SMARTS) is 1. The SMILES string of the molecule is C[N+]1(C)[B-]C[N+](C)(C)[B-](C(=O)[O-])C1.[Na+]. The minimum absolute atomic E-state index is 0. The van der Waals surface area contributed by atoms with Gasteiger partial charge in [-0.15, -0.1) is 0 Å². The van der Waals surface area contributed by atoms with Crippen LogP contribution in [0.15, 0.2) is 0 Å². The van der Waals surface area contributed by atoms with E-state index in [0.717, 1.165) is 6.44 Å². The second kappa shape index (κ2) is 4.58. The standard InChI is InChI=1S/C7H16B2N2O2.Na/c1-10(2)6-9(7(12)13)11(3,4)5-8-10;/h5-6H2,1-4H3;/q-1;+1. The first kappa shape index (κ1) is 14.5. The van der Waals surface area contributed by atoms with Gasteiger partial charge in [-0.25, -0.2) is 0 Å². The van der Waals surface area contributed by atoms with Crippen LogP contribution in [0.1, 0.15) is 0 Å². The molecular weight excluding hydrogens is 189 g/mol. The molecule has 1 saturated heterocycles. The van der Waals surface area contributed by atoms with Gasteiger partial charge in [-0.05, 0) is 0 Å². The quantitative estimate of drug-likeness (QED) is 0.403. The molecule has 1 fully saturated rings. The Bertz CT molecular complexity index is 236. The first-order valence-electron chi connectivity index (χ1n) is 4.45. The zero-order chi connectivity index (χ0) is 10.3. The molecule has 14 heavy (non-hydrogen) atoms. The molecule has 1 aliphatic heterocycles. The third kappa shape index (κ3) is 3.28. The predicted octanol–water partition coefficient (Wildman–Crippen LogP) is -4.81. The molecule has 1 rings (SSSR count). The first-order valence-corrected chi connectivity index (χ1v) is 4.45. The van der Waals surface area contributed by atoms with Crippen molar-refractivity contribution >= 4 is 20.1 Å². The summed E-state index contributed by atoms with van der Waals surface area (Å²) >= 11 is 0. The molecule has 1 heterocycles. The first-order chi connectivity index (χ1) is 5.75. The fraction of sp³-hybridized carbons (Fsp3) is 0.857. The van der Waals surface area contributed by atoms with E-state index >= 15 is 0 Å².